The van der Waals surface area contributed by atoms with Gasteiger partial charge in [-0.2, -0.15) is 0 Å². The van der Waals surface area contributed by atoms with Crippen molar-refractivity contribution in [3.8, 4) is 0 Å². The van der Waals surface area contributed by atoms with E-state index >= 15 is 0 Å². The van der Waals surface area contributed by atoms with Crippen molar-refractivity contribution >= 4 is 52.2 Å². The molecule has 6 nitrogen and oxygen atoms in total. The van der Waals surface area contributed by atoms with Gasteiger partial charge in [0.25, 0.3) is 5.91 Å². The fourth-order valence-electron chi connectivity index (χ4n) is 2.20. The molecule has 8 heteroatoms. The molecule has 1 aliphatic rings. The lowest BCUT2D eigenvalue weighted by atomic mass is 10.0. The Morgan fingerprint density at radius 3 is 2.52 bits per heavy atom. The third-order valence-corrected chi connectivity index (χ3v) is 4.89. The number of carbonyl (C=O) groups excluding carboxylic acids is 3. The first-order valence-electron chi connectivity index (χ1n) is 7.60. The number of carboxylic acids is 1. The van der Waals surface area contributed by atoms with Crippen molar-refractivity contribution in [2.75, 3.05) is 6.54 Å². The minimum atomic E-state index is -1.36. The number of amides is 2. The zero-order chi connectivity index (χ0) is 18.6. The molecular formula is C17H17N2O4S2-. The number of nitrogens with zero attached hydrogens (tertiary/aromatic N) is 1. The predicted octanol–water partition coefficient (Wildman–Crippen LogP) is 0.778. The Labute approximate surface area is 155 Å². The number of hydrogen-bond acceptors (Lipinski definition) is 6. The van der Waals surface area contributed by atoms with E-state index in [9.17, 15) is 19.5 Å². The van der Waals surface area contributed by atoms with Crippen LogP contribution >= 0.6 is 24.0 Å². The van der Waals surface area contributed by atoms with E-state index in [4.69, 9.17) is 12.2 Å². The van der Waals surface area contributed by atoms with Crippen LogP contribution in [0, 0.1) is 5.92 Å². The topological polar surface area (TPSA) is 89.5 Å². The molecule has 1 aromatic carbocycles. The Morgan fingerprint density at radius 1 is 1.32 bits per heavy atom. The van der Waals surface area contributed by atoms with Crippen LogP contribution in [0.15, 0.2) is 35.2 Å². The number of carbonyl (C=O) groups is 3. The molecule has 1 fully saturated rings. The van der Waals surface area contributed by atoms with E-state index in [1.807, 2.05) is 30.3 Å². The molecule has 132 valence electrons. The molecule has 1 saturated heterocycles. The second-order valence-electron chi connectivity index (χ2n) is 5.79. The highest BCUT2D eigenvalue weighted by Crippen LogP contribution is 2.32. The quantitative estimate of drug-likeness (QED) is 0.582. The normalized spacial score (nSPS) is 17.2. The molecule has 0 saturated carbocycles. The van der Waals surface area contributed by atoms with E-state index in [1.165, 1.54) is 0 Å². The molecular weight excluding hydrogens is 360 g/mol. The van der Waals surface area contributed by atoms with E-state index in [0.29, 0.717) is 4.91 Å². The van der Waals surface area contributed by atoms with Crippen LogP contribution in [0.25, 0.3) is 6.08 Å². The summed E-state index contributed by atoms with van der Waals surface area (Å²) >= 11 is 6.27. The molecule has 1 aromatic rings. The maximum Gasteiger partial charge on any atom is 0.266 e. The smallest absolute Gasteiger partial charge is 0.266 e. The lowest BCUT2D eigenvalue weighted by molar-refractivity contribution is -0.309. The molecule has 1 heterocycles. The lowest BCUT2D eigenvalue weighted by Gasteiger charge is -2.24. The summed E-state index contributed by atoms with van der Waals surface area (Å²) in [5, 5.41) is 13.4. The van der Waals surface area contributed by atoms with Gasteiger partial charge in [0.2, 0.25) is 5.91 Å². The average Bonchev–Trinajstić information content (AvgIpc) is 2.80. The van der Waals surface area contributed by atoms with Gasteiger partial charge in [0, 0.05) is 0 Å². The Bertz CT molecular complexity index is 731. The van der Waals surface area contributed by atoms with Gasteiger partial charge in [-0.3, -0.25) is 14.5 Å². The summed E-state index contributed by atoms with van der Waals surface area (Å²) in [6, 6.07) is 8.16. The number of nitrogens with one attached hydrogen (secondary N) is 1. The number of benzene rings is 1. The Kier molecular flexibility index (Phi) is 6.33. The van der Waals surface area contributed by atoms with Crippen LogP contribution in [0.2, 0.25) is 0 Å². The molecule has 0 aromatic heterocycles. The Hall–Kier alpha value is -2.19. The molecule has 0 bridgehead atoms. The molecule has 0 unspecified atom stereocenters. The third kappa shape index (κ3) is 4.90. The van der Waals surface area contributed by atoms with Gasteiger partial charge in [0.05, 0.1) is 16.9 Å². The van der Waals surface area contributed by atoms with Crippen molar-refractivity contribution in [3.05, 3.63) is 40.8 Å². The van der Waals surface area contributed by atoms with Gasteiger partial charge >= 0.3 is 0 Å². The molecule has 25 heavy (non-hydrogen) atoms. The van der Waals surface area contributed by atoms with Crippen LogP contribution in [-0.2, 0) is 14.4 Å². The van der Waals surface area contributed by atoms with Crippen molar-refractivity contribution in [3.63, 3.8) is 0 Å². The first kappa shape index (κ1) is 19.1. The molecule has 0 aliphatic carbocycles. The van der Waals surface area contributed by atoms with E-state index in [-0.39, 0.29) is 22.7 Å². The molecule has 2 rings (SSSR count). The fourth-order valence-corrected chi connectivity index (χ4v) is 3.45. The molecule has 2 amide bonds. The second kappa shape index (κ2) is 8.26. The van der Waals surface area contributed by atoms with Crippen molar-refractivity contribution in [2.45, 2.75) is 19.9 Å². The Morgan fingerprint density at radius 2 is 1.96 bits per heavy atom. The van der Waals surface area contributed by atoms with Crippen LogP contribution in [0.3, 0.4) is 0 Å². The summed E-state index contributed by atoms with van der Waals surface area (Å²) in [6.45, 7) is 2.99. The number of rotatable bonds is 6. The highest BCUT2D eigenvalue weighted by molar-refractivity contribution is 8.26. The largest absolute Gasteiger partial charge is 0.548 e. The molecule has 1 atom stereocenters. The monoisotopic (exact) mass is 377 g/mol. The van der Waals surface area contributed by atoms with Gasteiger partial charge < -0.3 is 15.2 Å². The first-order chi connectivity index (χ1) is 11.8. The molecule has 1 N–H and O–H groups in total. The third-order valence-electron chi connectivity index (χ3n) is 3.51. The summed E-state index contributed by atoms with van der Waals surface area (Å²) in [7, 11) is 0. The van der Waals surface area contributed by atoms with Crippen molar-refractivity contribution in [2.24, 2.45) is 5.92 Å². The summed E-state index contributed by atoms with van der Waals surface area (Å²) in [5.41, 5.74) is 0.851. The van der Waals surface area contributed by atoms with E-state index in [0.717, 1.165) is 22.2 Å². The summed E-state index contributed by atoms with van der Waals surface area (Å²) in [6.07, 6.45) is 1.70. The van der Waals surface area contributed by atoms with Crippen LogP contribution in [-0.4, -0.2) is 39.6 Å². The van der Waals surface area contributed by atoms with E-state index < -0.39 is 17.9 Å². The van der Waals surface area contributed by atoms with Gasteiger partial charge in [-0.05, 0) is 17.6 Å². The highest BCUT2D eigenvalue weighted by Gasteiger charge is 2.33. The standard InChI is InChI=1S/C17H18N2O4S2/c1-10(2)14(16(22)23)18-13(20)9-19-15(21)12(25-17(19)24)8-11-6-4-3-5-7-11/h3-8,10,14H,9H2,1-2H3,(H,18,20)(H,22,23)/p-1/b12-8-/t14-/m0/s1. The Balaban J connectivity index is 2.06. The molecule has 1 aliphatic heterocycles. The van der Waals surface area contributed by atoms with E-state index in [2.05, 4.69) is 5.32 Å². The number of thioether (sulfide) groups is 1. The van der Waals surface area contributed by atoms with E-state index in [1.54, 1.807) is 19.9 Å². The zero-order valence-corrected chi connectivity index (χ0v) is 15.4. The predicted molar refractivity (Wildman–Crippen MR) is 98.1 cm³/mol. The SMILES string of the molecule is CC(C)[C@H](NC(=O)CN1C(=O)/C(=C/c2ccccc2)SC1=S)C(=O)[O-]. The van der Waals surface area contributed by atoms with Crippen LogP contribution in [0.1, 0.15) is 19.4 Å². The number of hydrogen-bond donors (Lipinski definition) is 1. The number of thiocarbonyl (C=S) groups is 1. The maximum absolute atomic E-state index is 12.4. The molecule has 0 radical (unpaired) electrons. The van der Waals surface area contributed by atoms with Crippen LogP contribution in [0.5, 0.6) is 0 Å². The van der Waals surface area contributed by atoms with Crippen LogP contribution < -0.4 is 10.4 Å². The van der Waals surface area contributed by atoms with Gasteiger partial charge in [0.15, 0.2) is 0 Å². The second-order valence-corrected chi connectivity index (χ2v) is 7.46. The minimum absolute atomic E-state index is 0.261. The summed E-state index contributed by atoms with van der Waals surface area (Å²) in [4.78, 5) is 37.2. The van der Waals surface area contributed by atoms with Gasteiger partial charge in [-0.1, -0.05) is 68.2 Å². The summed E-state index contributed by atoms with van der Waals surface area (Å²) in [5.74, 6) is -2.67. The average molecular weight is 377 g/mol. The maximum atomic E-state index is 12.4. The fraction of sp³-hybridized carbons (Fsp3) is 0.294. The zero-order valence-electron chi connectivity index (χ0n) is 13.7. The van der Waals surface area contributed by atoms with Gasteiger partial charge in [0.1, 0.15) is 10.9 Å². The number of aliphatic carboxylic acids is 1. The van der Waals surface area contributed by atoms with Gasteiger partial charge in [-0.15, -0.1) is 0 Å². The van der Waals surface area contributed by atoms with Crippen molar-refractivity contribution in [1.29, 1.82) is 0 Å². The number of carboxylic acid groups (broad SMARTS) is 1. The lowest BCUT2D eigenvalue weighted by Crippen LogP contribution is -2.53. The summed E-state index contributed by atoms with van der Waals surface area (Å²) < 4.78 is 0.261. The first-order valence-corrected chi connectivity index (χ1v) is 8.82. The van der Waals surface area contributed by atoms with Gasteiger partial charge in [-0.25, -0.2) is 0 Å². The molecule has 0 spiro atoms. The van der Waals surface area contributed by atoms with Crippen molar-refractivity contribution in [1.82, 2.24) is 10.2 Å². The highest BCUT2D eigenvalue weighted by atomic mass is 32.2. The van der Waals surface area contributed by atoms with Crippen LogP contribution in [0.4, 0.5) is 0 Å². The van der Waals surface area contributed by atoms with Crippen molar-refractivity contribution < 1.29 is 19.5 Å². The minimum Gasteiger partial charge on any atom is -0.548 e.